The zero-order valence-corrected chi connectivity index (χ0v) is 24.2. The molecule has 0 aromatic heterocycles. The quantitative estimate of drug-likeness (QED) is 0.199. The molecule has 0 bridgehead atoms. The van der Waals surface area contributed by atoms with Crippen molar-refractivity contribution in [1.29, 1.82) is 0 Å². The van der Waals surface area contributed by atoms with E-state index in [1.807, 2.05) is 0 Å². The lowest BCUT2D eigenvalue weighted by molar-refractivity contribution is -0.261. The second-order valence-corrected chi connectivity index (χ2v) is 11.2. The molecule has 14 heteroatoms. The molecule has 0 heterocycles. The molecule has 0 saturated carbocycles. The van der Waals surface area contributed by atoms with Crippen LogP contribution in [-0.2, 0) is 20.7 Å². The van der Waals surface area contributed by atoms with Crippen LogP contribution in [0.15, 0.2) is 18.2 Å². The van der Waals surface area contributed by atoms with Crippen LogP contribution in [0.5, 0.6) is 0 Å². The molecule has 240 valence electrons. The molecule has 41 heavy (non-hydrogen) atoms. The van der Waals surface area contributed by atoms with Gasteiger partial charge in [-0.15, -0.1) is 0 Å². The molecule has 0 saturated heterocycles. The average molecular weight is 615 g/mol. The zero-order chi connectivity index (χ0) is 33.0. The van der Waals surface area contributed by atoms with Crippen molar-refractivity contribution < 1.29 is 64.4 Å². The third kappa shape index (κ3) is 9.74. The first-order valence-corrected chi connectivity index (χ1v) is 12.7. The number of hydrogen-bond acceptors (Lipinski definition) is 5. The standard InChI is InChI=1S/C16H20F6O2.C11H19F3O3/c1-5-9(2)10-6-11(13(3,23)15(17,18)19)8-12(7-10)14(4,24)16(20,21)22;1-5-9(2,3)8(15)17-7-6-10(4,16)11(12,13)14/h6-9,23-24H,5H2,1-4H3;16H,5-7H2,1-4H3. The summed E-state index contributed by atoms with van der Waals surface area (Å²) in [4.78, 5) is 11.4. The number of halogens is 9. The van der Waals surface area contributed by atoms with Crippen molar-refractivity contribution in [2.24, 2.45) is 5.41 Å². The van der Waals surface area contributed by atoms with E-state index in [0.29, 0.717) is 39.7 Å². The predicted octanol–water partition coefficient (Wildman–Crippen LogP) is 7.41. The van der Waals surface area contributed by atoms with Crippen LogP contribution in [-0.4, -0.2) is 52.0 Å². The Bertz CT molecular complexity index is 964. The summed E-state index contributed by atoms with van der Waals surface area (Å²) in [5.74, 6) is -0.908. The number of esters is 1. The lowest BCUT2D eigenvalue weighted by Gasteiger charge is -2.32. The second-order valence-electron chi connectivity index (χ2n) is 11.2. The van der Waals surface area contributed by atoms with Gasteiger partial charge < -0.3 is 20.1 Å². The van der Waals surface area contributed by atoms with Crippen LogP contribution in [0, 0.1) is 5.41 Å². The first-order chi connectivity index (χ1) is 18.0. The van der Waals surface area contributed by atoms with E-state index in [-0.39, 0.29) is 11.5 Å². The van der Waals surface area contributed by atoms with Crippen LogP contribution >= 0.6 is 0 Å². The van der Waals surface area contributed by atoms with Gasteiger partial charge in [-0.1, -0.05) is 32.9 Å². The summed E-state index contributed by atoms with van der Waals surface area (Å²) in [6.07, 6.45) is -14.6. The van der Waals surface area contributed by atoms with E-state index in [1.54, 1.807) is 34.6 Å². The van der Waals surface area contributed by atoms with Crippen molar-refractivity contribution in [3.8, 4) is 0 Å². The van der Waals surface area contributed by atoms with Crippen LogP contribution in [0.2, 0.25) is 0 Å². The van der Waals surface area contributed by atoms with Crippen LogP contribution in [0.25, 0.3) is 0 Å². The molecule has 1 aromatic rings. The molecule has 0 amide bonds. The van der Waals surface area contributed by atoms with Crippen molar-refractivity contribution in [3.63, 3.8) is 0 Å². The summed E-state index contributed by atoms with van der Waals surface area (Å²) in [7, 11) is 0. The molecule has 0 spiro atoms. The topological polar surface area (TPSA) is 87.0 Å². The van der Waals surface area contributed by atoms with Gasteiger partial charge in [-0.2, -0.15) is 39.5 Å². The normalized spacial score (nSPS) is 18.2. The number of ether oxygens (including phenoxy) is 1. The summed E-state index contributed by atoms with van der Waals surface area (Å²) < 4.78 is 120. The van der Waals surface area contributed by atoms with Gasteiger partial charge in [-0.05, 0) is 76.1 Å². The number of hydrogen-bond donors (Lipinski definition) is 3. The smallest absolute Gasteiger partial charge is 0.421 e. The summed E-state index contributed by atoms with van der Waals surface area (Å²) in [5.41, 5.74) is -11.5. The van der Waals surface area contributed by atoms with E-state index >= 15 is 0 Å². The molecule has 4 atom stereocenters. The molecule has 5 nitrogen and oxygen atoms in total. The molecule has 0 aliphatic carbocycles. The van der Waals surface area contributed by atoms with Gasteiger partial charge in [0.25, 0.3) is 0 Å². The highest BCUT2D eigenvalue weighted by atomic mass is 19.4. The van der Waals surface area contributed by atoms with Gasteiger partial charge in [0.2, 0.25) is 0 Å². The highest BCUT2D eigenvalue weighted by Gasteiger charge is 2.54. The lowest BCUT2D eigenvalue weighted by Crippen LogP contribution is -2.43. The van der Waals surface area contributed by atoms with E-state index in [0.717, 1.165) is 12.1 Å². The van der Waals surface area contributed by atoms with Crippen molar-refractivity contribution in [3.05, 3.63) is 34.9 Å². The van der Waals surface area contributed by atoms with Crippen LogP contribution < -0.4 is 0 Å². The Morgan fingerprint density at radius 3 is 1.44 bits per heavy atom. The third-order valence-corrected chi connectivity index (χ3v) is 7.23. The Balaban J connectivity index is 0.000000831. The molecule has 4 unspecified atom stereocenters. The maximum Gasteiger partial charge on any atom is 0.421 e. The summed E-state index contributed by atoms with van der Waals surface area (Å²) >= 11 is 0. The molecule has 0 aliphatic rings. The number of rotatable bonds is 9. The fourth-order valence-corrected chi connectivity index (χ4v) is 2.89. The molecular formula is C27H39F9O5. The molecule has 1 rings (SSSR count). The van der Waals surface area contributed by atoms with Crippen LogP contribution in [0.4, 0.5) is 39.5 Å². The monoisotopic (exact) mass is 614 g/mol. The average Bonchev–Trinajstić information content (AvgIpc) is 2.81. The van der Waals surface area contributed by atoms with E-state index < -0.39 is 70.9 Å². The molecular weight excluding hydrogens is 575 g/mol. The van der Waals surface area contributed by atoms with Gasteiger partial charge >= 0.3 is 24.5 Å². The molecule has 1 aromatic carbocycles. The molecule has 0 aliphatic heterocycles. The minimum atomic E-state index is -5.08. The fourth-order valence-electron chi connectivity index (χ4n) is 2.89. The molecule has 3 N–H and O–H groups in total. The Labute approximate surface area is 233 Å². The van der Waals surface area contributed by atoms with E-state index in [9.17, 15) is 54.5 Å². The molecule has 0 radical (unpaired) electrons. The van der Waals surface area contributed by atoms with E-state index in [2.05, 4.69) is 0 Å². The summed E-state index contributed by atoms with van der Waals surface area (Å²) in [6.45, 7) is 9.58. The van der Waals surface area contributed by atoms with Crippen molar-refractivity contribution in [2.45, 2.75) is 116 Å². The fraction of sp³-hybridized carbons (Fsp3) is 0.741. The minimum absolute atomic E-state index is 0.180. The van der Waals surface area contributed by atoms with Gasteiger partial charge in [0, 0.05) is 6.42 Å². The zero-order valence-electron chi connectivity index (χ0n) is 24.2. The number of alkyl halides is 9. The maximum absolute atomic E-state index is 13.1. The second kappa shape index (κ2) is 13.1. The Hall–Kier alpha value is -2.06. The Kier molecular flexibility index (Phi) is 12.4. The van der Waals surface area contributed by atoms with Crippen LogP contribution in [0.1, 0.15) is 97.3 Å². The lowest BCUT2D eigenvalue weighted by atomic mass is 9.84. The van der Waals surface area contributed by atoms with Gasteiger partial charge in [0.05, 0.1) is 12.0 Å². The van der Waals surface area contributed by atoms with Crippen molar-refractivity contribution in [1.82, 2.24) is 0 Å². The SMILES string of the molecule is CCC(C)(C)C(=O)OCCC(C)(O)C(F)(F)F.CCC(C)c1cc(C(C)(O)C(F)(F)F)cc(C(C)(O)C(F)(F)F)c1. The number of carbonyl (C=O) groups excluding carboxylic acids is 1. The van der Waals surface area contributed by atoms with E-state index in [1.165, 1.54) is 0 Å². The first kappa shape index (κ1) is 38.9. The van der Waals surface area contributed by atoms with Crippen molar-refractivity contribution in [2.75, 3.05) is 6.61 Å². The number of carbonyl (C=O) groups is 1. The highest BCUT2D eigenvalue weighted by molar-refractivity contribution is 5.75. The number of benzene rings is 1. The first-order valence-electron chi connectivity index (χ1n) is 12.7. The summed E-state index contributed by atoms with van der Waals surface area (Å²) in [5, 5.41) is 28.7. The maximum atomic E-state index is 13.1. The summed E-state index contributed by atoms with van der Waals surface area (Å²) in [6, 6.07) is 2.60. The predicted molar refractivity (Wildman–Crippen MR) is 133 cm³/mol. The Morgan fingerprint density at radius 2 is 1.15 bits per heavy atom. The van der Waals surface area contributed by atoms with Gasteiger partial charge in [0.1, 0.15) is 0 Å². The largest absolute Gasteiger partial charge is 0.465 e. The number of aliphatic hydroxyl groups is 3. The molecule has 0 fully saturated rings. The van der Waals surface area contributed by atoms with E-state index in [4.69, 9.17) is 9.84 Å². The van der Waals surface area contributed by atoms with Gasteiger partial charge in [0.15, 0.2) is 16.8 Å². The third-order valence-electron chi connectivity index (χ3n) is 7.23. The highest BCUT2D eigenvalue weighted by Crippen LogP contribution is 2.44. The van der Waals surface area contributed by atoms with Crippen molar-refractivity contribution >= 4 is 5.97 Å². The van der Waals surface area contributed by atoms with Crippen LogP contribution in [0.3, 0.4) is 0 Å². The Morgan fingerprint density at radius 1 is 0.756 bits per heavy atom. The minimum Gasteiger partial charge on any atom is -0.465 e. The van der Waals surface area contributed by atoms with Gasteiger partial charge in [-0.3, -0.25) is 4.79 Å². The van der Waals surface area contributed by atoms with Gasteiger partial charge in [-0.25, -0.2) is 0 Å².